The Balaban J connectivity index is 1.79. The van der Waals surface area contributed by atoms with Gasteiger partial charge in [0.15, 0.2) is 0 Å². The summed E-state index contributed by atoms with van der Waals surface area (Å²) in [5.41, 5.74) is 1.66. The summed E-state index contributed by atoms with van der Waals surface area (Å²) < 4.78 is 33.9. The van der Waals surface area contributed by atoms with Crippen LogP contribution in [0.1, 0.15) is 23.8 Å². The van der Waals surface area contributed by atoms with Gasteiger partial charge in [-0.3, -0.25) is 4.79 Å². The molecule has 0 radical (unpaired) electrons. The molecule has 0 fully saturated rings. The minimum Gasteiger partial charge on any atom is -0.467 e. The number of carbonyl (C=O) groups is 1. The number of amides is 1. The van der Waals surface area contributed by atoms with Crippen LogP contribution in [-0.2, 0) is 28.0 Å². The maximum Gasteiger partial charge on any atom is 0.308 e. The van der Waals surface area contributed by atoms with Gasteiger partial charge in [-0.25, -0.2) is 0 Å². The molecule has 0 saturated carbocycles. The van der Waals surface area contributed by atoms with Gasteiger partial charge in [-0.2, -0.15) is 8.42 Å². The van der Waals surface area contributed by atoms with Gasteiger partial charge >= 0.3 is 10.1 Å². The van der Waals surface area contributed by atoms with E-state index in [4.69, 9.17) is 8.60 Å². The standard InChI is InChI=1S/C23H23NO5S/c1-2-30(26,27)29-21-11-6-10-20(16-21)17-24(18-22-12-7-15-28-22)23(25)14-13-19-8-4-3-5-9-19/h3-16H,2,17-18H2,1H3. The topological polar surface area (TPSA) is 76.8 Å². The summed E-state index contributed by atoms with van der Waals surface area (Å²) in [7, 11) is -3.62. The van der Waals surface area contributed by atoms with E-state index >= 15 is 0 Å². The van der Waals surface area contributed by atoms with E-state index in [2.05, 4.69) is 0 Å². The first-order valence-corrected chi connectivity index (χ1v) is 11.1. The zero-order chi connectivity index (χ0) is 21.4. The first-order valence-electron chi connectivity index (χ1n) is 9.51. The second-order valence-corrected chi connectivity index (χ2v) is 8.45. The third-order valence-electron chi connectivity index (χ3n) is 4.31. The molecular formula is C23H23NO5S. The van der Waals surface area contributed by atoms with Crippen molar-refractivity contribution in [3.63, 3.8) is 0 Å². The summed E-state index contributed by atoms with van der Waals surface area (Å²) in [6.07, 6.45) is 4.83. The number of hydrogen-bond donors (Lipinski definition) is 0. The highest BCUT2D eigenvalue weighted by Crippen LogP contribution is 2.19. The lowest BCUT2D eigenvalue weighted by molar-refractivity contribution is -0.127. The van der Waals surface area contributed by atoms with Crippen LogP contribution in [-0.4, -0.2) is 25.0 Å². The van der Waals surface area contributed by atoms with Crippen LogP contribution in [0.25, 0.3) is 6.08 Å². The number of benzene rings is 2. The summed E-state index contributed by atoms with van der Waals surface area (Å²) in [5.74, 6) is 0.560. The van der Waals surface area contributed by atoms with Crippen molar-refractivity contribution in [1.29, 1.82) is 0 Å². The van der Waals surface area contributed by atoms with Crippen LogP contribution in [0.5, 0.6) is 5.75 Å². The second-order valence-electron chi connectivity index (χ2n) is 6.59. The predicted molar refractivity (Wildman–Crippen MR) is 115 cm³/mol. The highest BCUT2D eigenvalue weighted by molar-refractivity contribution is 7.87. The minimum atomic E-state index is -3.62. The van der Waals surface area contributed by atoms with Gasteiger partial charge in [-0.05, 0) is 48.4 Å². The normalized spacial score (nSPS) is 11.5. The van der Waals surface area contributed by atoms with Crippen molar-refractivity contribution >= 4 is 22.1 Å². The molecule has 2 aromatic carbocycles. The fourth-order valence-electron chi connectivity index (χ4n) is 2.76. The van der Waals surface area contributed by atoms with E-state index in [1.807, 2.05) is 36.4 Å². The van der Waals surface area contributed by atoms with Crippen LogP contribution in [0.3, 0.4) is 0 Å². The Hall–Kier alpha value is -3.32. The number of nitrogens with zero attached hydrogens (tertiary/aromatic N) is 1. The molecular weight excluding hydrogens is 402 g/mol. The molecule has 0 atom stereocenters. The summed E-state index contributed by atoms with van der Waals surface area (Å²) in [6.45, 7) is 2.06. The Morgan fingerprint density at radius 1 is 1.03 bits per heavy atom. The van der Waals surface area contributed by atoms with Crippen molar-refractivity contribution < 1.29 is 21.8 Å². The summed E-state index contributed by atoms with van der Waals surface area (Å²) in [4.78, 5) is 14.5. The molecule has 1 amide bonds. The van der Waals surface area contributed by atoms with Crippen molar-refractivity contribution in [3.05, 3.63) is 96.0 Å². The number of carbonyl (C=O) groups excluding carboxylic acids is 1. The Kier molecular flexibility index (Phi) is 7.08. The molecule has 7 heteroatoms. The molecule has 0 unspecified atom stereocenters. The molecule has 0 N–H and O–H groups in total. The highest BCUT2D eigenvalue weighted by Gasteiger charge is 2.15. The maximum atomic E-state index is 12.9. The lowest BCUT2D eigenvalue weighted by Crippen LogP contribution is -2.28. The molecule has 0 bridgehead atoms. The third-order valence-corrected chi connectivity index (χ3v) is 5.46. The average molecular weight is 426 g/mol. The molecule has 6 nitrogen and oxygen atoms in total. The minimum absolute atomic E-state index is 0.120. The molecule has 1 aromatic heterocycles. The molecule has 0 aliphatic rings. The Labute approximate surface area is 176 Å². The van der Waals surface area contributed by atoms with E-state index in [-0.39, 0.29) is 30.5 Å². The van der Waals surface area contributed by atoms with Crippen molar-refractivity contribution in [2.45, 2.75) is 20.0 Å². The molecule has 30 heavy (non-hydrogen) atoms. The lowest BCUT2D eigenvalue weighted by atomic mass is 10.2. The Morgan fingerprint density at radius 3 is 2.53 bits per heavy atom. The lowest BCUT2D eigenvalue weighted by Gasteiger charge is -2.20. The first kappa shape index (κ1) is 21.4. The highest BCUT2D eigenvalue weighted by atomic mass is 32.2. The number of hydrogen-bond acceptors (Lipinski definition) is 5. The molecule has 3 rings (SSSR count). The predicted octanol–water partition coefficient (Wildman–Crippen LogP) is 4.25. The third kappa shape index (κ3) is 6.35. The van der Waals surface area contributed by atoms with Crippen LogP contribution >= 0.6 is 0 Å². The quantitative estimate of drug-likeness (QED) is 0.378. The van der Waals surface area contributed by atoms with E-state index in [1.165, 1.54) is 13.0 Å². The molecule has 156 valence electrons. The van der Waals surface area contributed by atoms with E-state index in [1.54, 1.807) is 47.6 Å². The fourth-order valence-corrected chi connectivity index (χ4v) is 3.28. The van der Waals surface area contributed by atoms with Gasteiger partial charge in [0.25, 0.3) is 0 Å². The van der Waals surface area contributed by atoms with Crippen LogP contribution in [0.4, 0.5) is 0 Å². The fraction of sp³-hybridized carbons (Fsp3) is 0.174. The first-order chi connectivity index (χ1) is 14.4. The Bertz CT molecular complexity index is 1090. The average Bonchev–Trinajstić information content (AvgIpc) is 3.25. The number of furan rings is 1. The summed E-state index contributed by atoms with van der Waals surface area (Å²) >= 11 is 0. The van der Waals surface area contributed by atoms with E-state index in [9.17, 15) is 13.2 Å². The van der Waals surface area contributed by atoms with Crippen LogP contribution in [0.15, 0.2) is 83.5 Å². The Morgan fingerprint density at radius 2 is 1.83 bits per heavy atom. The molecule has 0 saturated heterocycles. The molecule has 0 aliphatic heterocycles. The molecule has 1 heterocycles. The molecule has 3 aromatic rings. The monoisotopic (exact) mass is 425 g/mol. The van der Waals surface area contributed by atoms with Crippen LogP contribution < -0.4 is 4.18 Å². The van der Waals surface area contributed by atoms with Gasteiger partial charge in [0.05, 0.1) is 18.6 Å². The van der Waals surface area contributed by atoms with E-state index < -0.39 is 10.1 Å². The van der Waals surface area contributed by atoms with Gasteiger partial charge in [0, 0.05) is 12.6 Å². The smallest absolute Gasteiger partial charge is 0.308 e. The van der Waals surface area contributed by atoms with E-state index in [0.29, 0.717) is 5.76 Å². The van der Waals surface area contributed by atoms with Gasteiger partial charge in [0.1, 0.15) is 11.5 Å². The van der Waals surface area contributed by atoms with Gasteiger partial charge in [0.2, 0.25) is 5.91 Å². The summed E-state index contributed by atoms with van der Waals surface area (Å²) in [6, 6.07) is 19.8. The summed E-state index contributed by atoms with van der Waals surface area (Å²) in [5, 5.41) is 0. The van der Waals surface area contributed by atoms with Crippen molar-refractivity contribution in [3.8, 4) is 5.75 Å². The van der Waals surface area contributed by atoms with Crippen molar-refractivity contribution in [2.75, 3.05) is 5.75 Å². The van der Waals surface area contributed by atoms with Gasteiger partial charge in [-0.15, -0.1) is 0 Å². The van der Waals surface area contributed by atoms with Crippen molar-refractivity contribution in [2.24, 2.45) is 0 Å². The zero-order valence-electron chi connectivity index (χ0n) is 16.6. The maximum absolute atomic E-state index is 12.9. The second kappa shape index (κ2) is 9.93. The van der Waals surface area contributed by atoms with Gasteiger partial charge < -0.3 is 13.5 Å². The molecule has 0 aliphatic carbocycles. The van der Waals surface area contributed by atoms with Gasteiger partial charge in [-0.1, -0.05) is 42.5 Å². The van der Waals surface area contributed by atoms with Crippen LogP contribution in [0, 0.1) is 0 Å². The van der Waals surface area contributed by atoms with Crippen LogP contribution in [0.2, 0.25) is 0 Å². The number of rotatable bonds is 9. The molecule has 0 spiro atoms. The zero-order valence-corrected chi connectivity index (χ0v) is 17.4. The van der Waals surface area contributed by atoms with Crippen molar-refractivity contribution in [1.82, 2.24) is 4.90 Å². The SMILES string of the molecule is CCS(=O)(=O)Oc1cccc(CN(Cc2ccco2)C(=O)C=Cc2ccccc2)c1. The largest absolute Gasteiger partial charge is 0.467 e. The van der Waals surface area contributed by atoms with E-state index in [0.717, 1.165) is 11.1 Å².